The van der Waals surface area contributed by atoms with Crippen molar-refractivity contribution in [3.05, 3.63) is 35.4 Å². The normalized spacial score (nSPS) is 12.4. The second-order valence-electron chi connectivity index (χ2n) is 9.53. The summed E-state index contributed by atoms with van der Waals surface area (Å²) >= 11 is 0. The van der Waals surface area contributed by atoms with Gasteiger partial charge in [-0.05, 0) is 32.3 Å². The van der Waals surface area contributed by atoms with E-state index in [0.29, 0.717) is 11.0 Å². The van der Waals surface area contributed by atoms with Crippen LogP contribution in [0, 0.1) is 0 Å². The molecule has 1 aromatic rings. The van der Waals surface area contributed by atoms with Gasteiger partial charge in [-0.2, -0.15) is 0 Å². The van der Waals surface area contributed by atoms with Gasteiger partial charge in [-0.25, -0.2) is 8.42 Å². The maximum Gasteiger partial charge on any atom is 0.105 e. The van der Waals surface area contributed by atoms with Crippen molar-refractivity contribution in [2.75, 3.05) is 25.4 Å². The van der Waals surface area contributed by atoms with Crippen molar-refractivity contribution in [3.63, 3.8) is 0 Å². The molecule has 0 aliphatic carbocycles. The number of aryl methyl sites for hydroxylation is 1. The van der Waals surface area contributed by atoms with Gasteiger partial charge in [-0.1, -0.05) is 102 Å². The SMILES string of the molecule is CCCCCCCCCCCCCCc1ccccc1C[N+](CC)(CC)CCS(=O)(=O)[O-]. The van der Waals surface area contributed by atoms with E-state index in [4.69, 9.17) is 0 Å². The Balaban J connectivity index is 2.38. The molecule has 4 nitrogen and oxygen atoms in total. The molecule has 0 aliphatic rings. The zero-order valence-electron chi connectivity index (χ0n) is 21.1. The number of nitrogens with zero attached hydrogens (tertiary/aromatic N) is 1. The van der Waals surface area contributed by atoms with Gasteiger partial charge >= 0.3 is 0 Å². The number of quaternary nitrogens is 1. The second kappa shape index (κ2) is 16.7. The van der Waals surface area contributed by atoms with Crippen molar-refractivity contribution in [2.24, 2.45) is 0 Å². The van der Waals surface area contributed by atoms with Crippen LogP contribution < -0.4 is 0 Å². The predicted octanol–water partition coefficient (Wildman–Crippen LogP) is 6.83. The summed E-state index contributed by atoms with van der Waals surface area (Å²) in [5.74, 6) is -0.282. The lowest BCUT2D eigenvalue weighted by molar-refractivity contribution is -0.935. The fourth-order valence-electron chi connectivity index (χ4n) is 4.62. The van der Waals surface area contributed by atoms with Crippen molar-refractivity contribution >= 4 is 10.1 Å². The molecule has 0 atom stereocenters. The summed E-state index contributed by atoms with van der Waals surface area (Å²) in [6.07, 6.45) is 17.4. The maximum atomic E-state index is 11.2. The van der Waals surface area contributed by atoms with E-state index in [1.54, 1.807) is 0 Å². The fraction of sp³-hybridized carbons (Fsp3) is 0.778. The van der Waals surface area contributed by atoms with Gasteiger partial charge < -0.3 is 9.04 Å². The molecule has 0 fully saturated rings. The van der Waals surface area contributed by atoms with Crippen LogP contribution in [0.25, 0.3) is 0 Å². The summed E-state index contributed by atoms with van der Waals surface area (Å²) in [6, 6.07) is 8.58. The first-order chi connectivity index (χ1) is 15.4. The summed E-state index contributed by atoms with van der Waals surface area (Å²) in [7, 11) is -4.18. The first-order valence-electron chi connectivity index (χ1n) is 13.2. The van der Waals surface area contributed by atoms with Crippen molar-refractivity contribution in [1.29, 1.82) is 0 Å². The van der Waals surface area contributed by atoms with E-state index in [-0.39, 0.29) is 5.75 Å². The van der Waals surface area contributed by atoms with Crippen molar-refractivity contribution in [3.8, 4) is 0 Å². The van der Waals surface area contributed by atoms with Crippen LogP contribution in [0.5, 0.6) is 0 Å². The quantitative estimate of drug-likeness (QED) is 0.120. The number of hydrogen-bond donors (Lipinski definition) is 0. The van der Waals surface area contributed by atoms with Crippen molar-refractivity contribution in [2.45, 2.75) is 111 Å². The summed E-state index contributed by atoms with van der Waals surface area (Å²) in [5.41, 5.74) is 2.69. The predicted molar refractivity (Wildman–Crippen MR) is 136 cm³/mol. The fourth-order valence-corrected chi connectivity index (χ4v) is 5.23. The van der Waals surface area contributed by atoms with Gasteiger partial charge in [0.05, 0.1) is 25.4 Å². The van der Waals surface area contributed by atoms with Crippen molar-refractivity contribution < 1.29 is 17.5 Å². The van der Waals surface area contributed by atoms with E-state index < -0.39 is 10.1 Å². The number of hydrogen-bond acceptors (Lipinski definition) is 3. The minimum Gasteiger partial charge on any atom is -0.748 e. The van der Waals surface area contributed by atoms with Crippen LogP contribution in [-0.4, -0.2) is 42.8 Å². The number of benzene rings is 1. The highest BCUT2D eigenvalue weighted by atomic mass is 32.2. The van der Waals surface area contributed by atoms with Crippen LogP contribution >= 0.6 is 0 Å². The zero-order valence-corrected chi connectivity index (χ0v) is 21.9. The van der Waals surface area contributed by atoms with Gasteiger partial charge in [0.2, 0.25) is 0 Å². The molecule has 0 radical (unpaired) electrons. The monoisotopic (exact) mass is 467 g/mol. The van der Waals surface area contributed by atoms with Crippen LogP contribution in [0.2, 0.25) is 0 Å². The molecule has 186 valence electrons. The summed E-state index contributed by atoms with van der Waals surface area (Å²) in [4.78, 5) is 0. The molecule has 0 aromatic heterocycles. The van der Waals surface area contributed by atoms with Crippen molar-refractivity contribution in [1.82, 2.24) is 0 Å². The van der Waals surface area contributed by atoms with E-state index in [2.05, 4.69) is 45.0 Å². The average molecular weight is 468 g/mol. The third-order valence-electron chi connectivity index (χ3n) is 7.08. The first kappa shape index (κ1) is 29.1. The Morgan fingerprint density at radius 2 is 1.19 bits per heavy atom. The molecule has 0 unspecified atom stereocenters. The lowest BCUT2D eigenvalue weighted by Crippen LogP contribution is -2.49. The van der Waals surface area contributed by atoms with Gasteiger partial charge in [0.15, 0.2) is 0 Å². The Hall–Kier alpha value is -0.910. The molecular formula is C27H49NO3S. The smallest absolute Gasteiger partial charge is 0.105 e. The van der Waals surface area contributed by atoms with Gasteiger partial charge in [-0.15, -0.1) is 0 Å². The van der Waals surface area contributed by atoms with E-state index in [1.807, 2.05) is 0 Å². The molecule has 0 heterocycles. The molecular weight excluding hydrogens is 418 g/mol. The third-order valence-corrected chi connectivity index (χ3v) is 7.76. The molecule has 0 bridgehead atoms. The maximum absolute atomic E-state index is 11.2. The highest BCUT2D eigenvalue weighted by molar-refractivity contribution is 7.85. The van der Waals surface area contributed by atoms with E-state index in [9.17, 15) is 13.0 Å². The Labute approximate surface area is 199 Å². The highest BCUT2D eigenvalue weighted by Gasteiger charge is 2.25. The Morgan fingerprint density at radius 1 is 0.719 bits per heavy atom. The molecule has 0 aliphatic heterocycles. The molecule has 1 aromatic carbocycles. The van der Waals surface area contributed by atoms with Gasteiger partial charge in [-0.3, -0.25) is 0 Å². The molecule has 1 rings (SSSR count). The van der Waals surface area contributed by atoms with Crippen LogP contribution in [0.3, 0.4) is 0 Å². The van der Waals surface area contributed by atoms with E-state index in [0.717, 1.165) is 26.1 Å². The third kappa shape index (κ3) is 13.0. The molecule has 0 saturated carbocycles. The molecule has 0 amide bonds. The Morgan fingerprint density at radius 3 is 1.66 bits per heavy atom. The largest absolute Gasteiger partial charge is 0.748 e. The Bertz CT molecular complexity index is 699. The summed E-state index contributed by atoms with van der Waals surface area (Å²) in [6.45, 7) is 9.32. The van der Waals surface area contributed by atoms with Crippen LogP contribution in [0.4, 0.5) is 0 Å². The van der Waals surface area contributed by atoms with Crippen LogP contribution in [-0.2, 0) is 23.1 Å². The number of rotatable bonds is 20. The molecule has 0 saturated heterocycles. The minimum absolute atomic E-state index is 0.282. The second-order valence-corrected chi connectivity index (χ2v) is 11.0. The van der Waals surface area contributed by atoms with Gasteiger partial charge in [0.1, 0.15) is 16.7 Å². The first-order valence-corrected chi connectivity index (χ1v) is 14.8. The van der Waals surface area contributed by atoms with E-state index in [1.165, 1.54) is 88.2 Å². The van der Waals surface area contributed by atoms with E-state index >= 15 is 0 Å². The molecule has 32 heavy (non-hydrogen) atoms. The molecule has 5 heteroatoms. The van der Waals surface area contributed by atoms with Crippen LogP contribution in [0.1, 0.15) is 109 Å². The standard InChI is InChI=1S/C27H49NO3S/c1-4-7-8-9-10-11-12-13-14-15-16-17-20-26-21-18-19-22-27(26)25-28(5-2,6-3)23-24-32(29,30)31/h18-19,21-22H,4-17,20,23-25H2,1-3H3. The zero-order chi connectivity index (χ0) is 23.7. The number of unbranched alkanes of at least 4 members (excludes halogenated alkanes) is 11. The summed E-state index contributed by atoms with van der Waals surface area (Å²) in [5, 5.41) is 0. The van der Waals surface area contributed by atoms with Crippen LogP contribution in [0.15, 0.2) is 24.3 Å². The lowest BCUT2D eigenvalue weighted by atomic mass is 9.99. The molecule has 0 N–H and O–H groups in total. The van der Waals surface area contributed by atoms with Gasteiger partial charge in [0.25, 0.3) is 0 Å². The highest BCUT2D eigenvalue weighted by Crippen LogP contribution is 2.21. The average Bonchev–Trinajstić information content (AvgIpc) is 2.78. The topological polar surface area (TPSA) is 57.2 Å². The molecule has 0 spiro atoms. The Kier molecular flexibility index (Phi) is 15.2. The lowest BCUT2D eigenvalue weighted by Gasteiger charge is -2.37. The minimum atomic E-state index is -4.18. The van der Waals surface area contributed by atoms with Gasteiger partial charge in [0, 0.05) is 5.56 Å². The summed E-state index contributed by atoms with van der Waals surface area (Å²) < 4.78 is 34.3.